The molecule has 7 heteroatoms. The highest BCUT2D eigenvalue weighted by Crippen LogP contribution is 2.34. The first-order valence-corrected chi connectivity index (χ1v) is 11.3. The second-order valence-corrected chi connectivity index (χ2v) is 9.42. The van der Waals surface area contributed by atoms with E-state index in [1.807, 2.05) is 17.6 Å². The van der Waals surface area contributed by atoms with Gasteiger partial charge in [0.2, 0.25) is 5.91 Å². The van der Waals surface area contributed by atoms with Crippen LogP contribution in [0.15, 0.2) is 47.1 Å². The van der Waals surface area contributed by atoms with Gasteiger partial charge in [0.25, 0.3) is 5.91 Å². The van der Waals surface area contributed by atoms with Crippen LogP contribution in [0.2, 0.25) is 0 Å². The number of carbonyl (C=O) groups excluding carboxylic acids is 2. The van der Waals surface area contributed by atoms with Gasteiger partial charge in [0.15, 0.2) is 5.58 Å². The highest BCUT2D eigenvalue weighted by Gasteiger charge is 2.48. The lowest BCUT2D eigenvalue weighted by Gasteiger charge is -2.45. The van der Waals surface area contributed by atoms with E-state index >= 15 is 0 Å². The molecule has 32 heavy (non-hydrogen) atoms. The second kappa shape index (κ2) is 7.80. The first-order chi connectivity index (χ1) is 15.4. The van der Waals surface area contributed by atoms with Crippen molar-refractivity contribution in [3.63, 3.8) is 0 Å². The van der Waals surface area contributed by atoms with Gasteiger partial charge >= 0.3 is 0 Å². The van der Waals surface area contributed by atoms with Crippen LogP contribution in [0.5, 0.6) is 0 Å². The summed E-state index contributed by atoms with van der Waals surface area (Å²) in [7, 11) is 0. The van der Waals surface area contributed by atoms with E-state index in [1.165, 1.54) is 18.6 Å². The molecule has 168 valence electrons. The lowest BCUT2D eigenvalue weighted by atomic mass is 9.85. The summed E-state index contributed by atoms with van der Waals surface area (Å²) in [4.78, 5) is 29.0. The van der Waals surface area contributed by atoms with E-state index in [9.17, 15) is 14.0 Å². The first kappa shape index (κ1) is 20.8. The smallest absolute Gasteiger partial charge is 0.271 e. The number of hydrogen-bond donors (Lipinski definition) is 1. The average molecular weight is 438 g/mol. The molecular formula is C25H28FN3O3. The molecule has 6 nitrogen and oxygen atoms in total. The van der Waals surface area contributed by atoms with Crippen LogP contribution < -0.4 is 5.32 Å². The molecule has 1 aliphatic carbocycles. The summed E-state index contributed by atoms with van der Waals surface area (Å²) in [5.74, 6) is -0.400. The van der Waals surface area contributed by atoms with Crippen molar-refractivity contribution in [1.82, 2.24) is 14.8 Å². The Morgan fingerprint density at radius 1 is 1.25 bits per heavy atom. The molecule has 0 radical (unpaired) electrons. The Bertz CT molecular complexity index is 1180. The monoisotopic (exact) mass is 437 g/mol. The van der Waals surface area contributed by atoms with E-state index in [0.29, 0.717) is 29.3 Å². The van der Waals surface area contributed by atoms with Crippen molar-refractivity contribution in [1.29, 1.82) is 0 Å². The van der Waals surface area contributed by atoms with Gasteiger partial charge in [-0.3, -0.25) is 9.59 Å². The van der Waals surface area contributed by atoms with Crippen LogP contribution in [0.3, 0.4) is 0 Å². The molecule has 2 amide bonds. The Hall–Kier alpha value is -3.09. The molecule has 0 unspecified atom stereocenters. The van der Waals surface area contributed by atoms with Gasteiger partial charge in [0.1, 0.15) is 17.1 Å². The van der Waals surface area contributed by atoms with Gasteiger partial charge in [-0.25, -0.2) is 4.39 Å². The standard InChI is InChI=1S/C25H28FN3O3/c1-16-6-3-4-9-19(16)27-24(31)25(2)15-28-20-10-11-32-22(20)13-21(28)23(30)29(25)14-17-7-5-8-18(26)12-17/h5,7-8,10-13,16,19H,3-4,6,9,14-15H2,1-2H3,(H,27,31)/t16-,19+,25-/m1/s1. The predicted molar refractivity (Wildman–Crippen MR) is 118 cm³/mol. The third-order valence-corrected chi connectivity index (χ3v) is 7.20. The molecule has 0 spiro atoms. The van der Waals surface area contributed by atoms with Crippen LogP contribution in [-0.2, 0) is 17.9 Å². The Morgan fingerprint density at radius 3 is 2.84 bits per heavy atom. The van der Waals surface area contributed by atoms with Crippen molar-refractivity contribution >= 4 is 22.9 Å². The van der Waals surface area contributed by atoms with Crippen LogP contribution in [-0.4, -0.2) is 32.9 Å². The summed E-state index contributed by atoms with van der Waals surface area (Å²) < 4.78 is 21.2. The summed E-state index contributed by atoms with van der Waals surface area (Å²) in [5.41, 5.74) is 1.41. The number of aromatic nitrogens is 1. The van der Waals surface area contributed by atoms with Crippen LogP contribution in [0.25, 0.3) is 11.1 Å². The molecule has 1 N–H and O–H groups in total. The maximum Gasteiger partial charge on any atom is 0.271 e. The Labute approximate surface area is 186 Å². The van der Waals surface area contributed by atoms with E-state index in [-0.39, 0.29) is 30.2 Å². The summed E-state index contributed by atoms with van der Waals surface area (Å²) in [6.07, 6.45) is 5.89. The molecule has 0 saturated heterocycles. The molecule has 1 aliphatic heterocycles. The van der Waals surface area contributed by atoms with E-state index in [4.69, 9.17) is 4.42 Å². The normalized spacial score (nSPS) is 25.7. The van der Waals surface area contributed by atoms with Crippen LogP contribution in [0.4, 0.5) is 4.39 Å². The molecule has 1 fully saturated rings. The van der Waals surface area contributed by atoms with Crippen molar-refractivity contribution in [3.05, 3.63) is 59.7 Å². The second-order valence-electron chi connectivity index (χ2n) is 9.42. The number of halogens is 1. The van der Waals surface area contributed by atoms with Gasteiger partial charge in [-0.15, -0.1) is 0 Å². The molecule has 1 aromatic carbocycles. The van der Waals surface area contributed by atoms with Crippen molar-refractivity contribution < 1.29 is 18.4 Å². The molecule has 5 rings (SSSR count). The maximum absolute atomic E-state index is 13.9. The fraction of sp³-hybridized carbons (Fsp3) is 0.440. The minimum absolute atomic E-state index is 0.0965. The van der Waals surface area contributed by atoms with Crippen LogP contribution in [0.1, 0.15) is 55.6 Å². The van der Waals surface area contributed by atoms with Gasteiger partial charge in [-0.05, 0) is 43.4 Å². The lowest BCUT2D eigenvalue weighted by Crippen LogP contribution is -2.65. The number of nitrogens with zero attached hydrogens (tertiary/aromatic N) is 2. The average Bonchev–Trinajstić information content (AvgIpc) is 3.35. The molecular weight excluding hydrogens is 409 g/mol. The van der Waals surface area contributed by atoms with Gasteiger partial charge in [-0.1, -0.05) is 31.9 Å². The molecule has 1 saturated carbocycles. The number of fused-ring (bicyclic) bond motifs is 3. The Morgan fingerprint density at radius 2 is 2.06 bits per heavy atom. The van der Waals surface area contributed by atoms with E-state index in [2.05, 4.69) is 12.2 Å². The minimum Gasteiger partial charge on any atom is -0.463 e. The number of hydrogen-bond acceptors (Lipinski definition) is 3. The zero-order valence-electron chi connectivity index (χ0n) is 18.4. The minimum atomic E-state index is -1.13. The van der Waals surface area contributed by atoms with Crippen molar-refractivity contribution in [3.8, 4) is 0 Å². The van der Waals surface area contributed by atoms with Gasteiger partial charge in [0, 0.05) is 24.7 Å². The van der Waals surface area contributed by atoms with E-state index in [0.717, 1.165) is 24.8 Å². The highest BCUT2D eigenvalue weighted by atomic mass is 19.1. The summed E-state index contributed by atoms with van der Waals surface area (Å²) >= 11 is 0. The molecule has 2 aliphatic rings. The first-order valence-electron chi connectivity index (χ1n) is 11.3. The predicted octanol–water partition coefficient (Wildman–Crippen LogP) is 4.48. The van der Waals surface area contributed by atoms with Crippen LogP contribution in [0, 0.1) is 11.7 Å². The zero-order chi connectivity index (χ0) is 22.5. The molecule has 3 atom stereocenters. The van der Waals surface area contributed by atoms with E-state index < -0.39 is 5.54 Å². The third kappa shape index (κ3) is 3.40. The third-order valence-electron chi connectivity index (χ3n) is 7.20. The zero-order valence-corrected chi connectivity index (χ0v) is 18.4. The number of furan rings is 1. The van der Waals surface area contributed by atoms with Crippen molar-refractivity contribution in [2.75, 3.05) is 0 Å². The van der Waals surface area contributed by atoms with Gasteiger partial charge in [-0.2, -0.15) is 0 Å². The number of rotatable bonds is 4. The number of benzene rings is 1. The SMILES string of the molecule is C[C@@H]1CCCC[C@@H]1NC(=O)[C@@]1(C)Cn2c(cc3occc32)C(=O)N1Cc1cccc(F)c1. The van der Waals surface area contributed by atoms with Crippen molar-refractivity contribution in [2.24, 2.45) is 5.92 Å². The summed E-state index contributed by atoms with van der Waals surface area (Å²) in [5, 5.41) is 3.25. The quantitative estimate of drug-likeness (QED) is 0.654. The Balaban J connectivity index is 1.53. The summed E-state index contributed by atoms with van der Waals surface area (Å²) in [6.45, 7) is 4.43. The topological polar surface area (TPSA) is 67.5 Å². The lowest BCUT2D eigenvalue weighted by molar-refractivity contribution is -0.134. The van der Waals surface area contributed by atoms with Crippen LogP contribution >= 0.6 is 0 Å². The number of carbonyl (C=O) groups is 2. The molecule has 2 aromatic heterocycles. The largest absolute Gasteiger partial charge is 0.463 e. The van der Waals surface area contributed by atoms with Crippen molar-refractivity contribution in [2.45, 2.75) is 64.2 Å². The molecule has 3 aromatic rings. The molecule has 3 heterocycles. The van der Waals surface area contributed by atoms with Gasteiger partial charge < -0.3 is 19.2 Å². The Kier molecular flexibility index (Phi) is 5.07. The number of amides is 2. The molecule has 0 bridgehead atoms. The maximum atomic E-state index is 13.9. The van der Waals surface area contributed by atoms with Gasteiger partial charge in [0.05, 0.1) is 18.3 Å². The summed E-state index contributed by atoms with van der Waals surface area (Å²) in [6, 6.07) is 9.81. The highest BCUT2D eigenvalue weighted by molar-refractivity contribution is 6.02. The fourth-order valence-corrected chi connectivity index (χ4v) is 5.19. The van der Waals surface area contributed by atoms with E-state index in [1.54, 1.807) is 29.4 Å². The fourth-order valence-electron chi connectivity index (χ4n) is 5.19. The number of nitrogens with one attached hydrogen (secondary N) is 1.